The zero-order valence-electron chi connectivity index (χ0n) is 9.91. The summed E-state index contributed by atoms with van der Waals surface area (Å²) in [6.07, 6.45) is 3.98. The van der Waals surface area contributed by atoms with Gasteiger partial charge in [0.2, 0.25) is 0 Å². The highest BCUT2D eigenvalue weighted by atomic mass is 16.5. The van der Waals surface area contributed by atoms with E-state index in [2.05, 4.69) is 5.32 Å². The summed E-state index contributed by atoms with van der Waals surface area (Å²) < 4.78 is 4.72. The summed E-state index contributed by atoms with van der Waals surface area (Å²) in [6, 6.07) is 5.74. The molecule has 0 unspecified atom stereocenters. The van der Waals surface area contributed by atoms with E-state index >= 15 is 0 Å². The van der Waals surface area contributed by atoms with Gasteiger partial charge in [-0.25, -0.2) is 4.79 Å². The largest absolute Gasteiger partial charge is 0.465 e. The van der Waals surface area contributed by atoms with Gasteiger partial charge < -0.3 is 10.1 Å². The van der Waals surface area contributed by atoms with Crippen LogP contribution >= 0.6 is 0 Å². The fourth-order valence-electron chi connectivity index (χ4n) is 1.39. The molecule has 3 heteroatoms. The molecule has 0 saturated heterocycles. The fourth-order valence-corrected chi connectivity index (χ4v) is 1.39. The first-order chi connectivity index (χ1) is 7.69. The van der Waals surface area contributed by atoms with Crippen LogP contribution in [0, 0.1) is 6.92 Å². The second kappa shape index (κ2) is 6.08. The number of aryl methyl sites for hydroxylation is 1. The predicted molar refractivity (Wildman–Crippen MR) is 65.5 cm³/mol. The Balaban J connectivity index is 2.93. The zero-order chi connectivity index (χ0) is 12.0. The van der Waals surface area contributed by atoms with Crippen LogP contribution in [0.15, 0.2) is 24.3 Å². The minimum Gasteiger partial charge on any atom is -0.465 e. The lowest BCUT2D eigenvalue weighted by molar-refractivity contribution is 0.0600. The average Bonchev–Trinajstić information content (AvgIpc) is 2.30. The van der Waals surface area contributed by atoms with Crippen LogP contribution in [0.5, 0.6) is 0 Å². The van der Waals surface area contributed by atoms with E-state index in [9.17, 15) is 4.79 Å². The molecule has 0 radical (unpaired) electrons. The van der Waals surface area contributed by atoms with Gasteiger partial charge >= 0.3 is 5.97 Å². The van der Waals surface area contributed by atoms with Crippen molar-refractivity contribution in [1.29, 1.82) is 0 Å². The van der Waals surface area contributed by atoms with E-state index in [-0.39, 0.29) is 5.97 Å². The van der Waals surface area contributed by atoms with E-state index < -0.39 is 0 Å². The SMILES string of the molecule is CNCC=Cc1ccc(C)c(C(=O)OC)c1. The Bertz CT molecular complexity index is 397. The molecular weight excluding hydrogens is 202 g/mol. The Kier molecular flexibility index (Phi) is 4.73. The lowest BCUT2D eigenvalue weighted by Gasteiger charge is -2.04. The first-order valence-electron chi connectivity index (χ1n) is 5.19. The van der Waals surface area contributed by atoms with Gasteiger partial charge in [0, 0.05) is 6.54 Å². The Hall–Kier alpha value is -1.61. The zero-order valence-corrected chi connectivity index (χ0v) is 9.91. The molecule has 0 amide bonds. The number of carbonyl (C=O) groups excluding carboxylic acids is 1. The molecule has 16 heavy (non-hydrogen) atoms. The van der Waals surface area contributed by atoms with Crippen LogP contribution in [0.3, 0.4) is 0 Å². The number of nitrogens with one attached hydrogen (secondary N) is 1. The summed E-state index contributed by atoms with van der Waals surface area (Å²) in [5.74, 6) is -0.290. The van der Waals surface area contributed by atoms with Crippen LogP contribution in [-0.2, 0) is 4.74 Å². The van der Waals surface area contributed by atoms with Gasteiger partial charge in [0.25, 0.3) is 0 Å². The number of esters is 1. The number of rotatable bonds is 4. The smallest absolute Gasteiger partial charge is 0.338 e. The Labute approximate surface area is 96.1 Å². The Morgan fingerprint density at radius 3 is 2.88 bits per heavy atom. The predicted octanol–water partition coefficient (Wildman–Crippen LogP) is 2.01. The van der Waals surface area contributed by atoms with E-state index in [1.807, 2.05) is 44.3 Å². The lowest BCUT2D eigenvalue weighted by Crippen LogP contribution is -2.04. The molecule has 86 valence electrons. The Morgan fingerprint density at radius 2 is 2.25 bits per heavy atom. The first kappa shape index (κ1) is 12.5. The summed E-state index contributed by atoms with van der Waals surface area (Å²) >= 11 is 0. The standard InChI is InChI=1S/C13H17NO2/c1-10-6-7-11(5-4-8-14-2)9-12(10)13(15)16-3/h4-7,9,14H,8H2,1-3H3. The van der Waals surface area contributed by atoms with Gasteiger partial charge in [-0.3, -0.25) is 0 Å². The molecule has 1 N–H and O–H groups in total. The van der Waals surface area contributed by atoms with Crippen molar-refractivity contribution in [3.63, 3.8) is 0 Å². The van der Waals surface area contributed by atoms with Gasteiger partial charge in [-0.2, -0.15) is 0 Å². The highest BCUT2D eigenvalue weighted by molar-refractivity contribution is 5.91. The van der Waals surface area contributed by atoms with Crippen molar-refractivity contribution in [3.8, 4) is 0 Å². The average molecular weight is 219 g/mol. The van der Waals surface area contributed by atoms with Crippen LogP contribution in [0.2, 0.25) is 0 Å². The number of ether oxygens (including phenoxy) is 1. The number of hydrogen-bond donors (Lipinski definition) is 1. The number of hydrogen-bond acceptors (Lipinski definition) is 3. The second-order valence-electron chi connectivity index (χ2n) is 3.53. The Morgan fingerprint density at radius 1 is 1.50 bits per heavy atom. The molecule has 0 spiro atoms. The van der Waals surface area contributed by atoms with Crippen LogP contribution in [-0.4, -0.2) is 26.7 Å². The number of carbonyl (C=O) groups is 1. The van der Waals surface area contributed by atoms with E-state index in [1.165, 1.54) is 7.11 Å². The molecule has 1 aromatic rings. The minimum absolute atomic E-state index is 0.290. The van der Waals surface area contributed by atoms with Crippen molar-refractivity contribution in [2.45, 2.75) is 6.92 Å². The van der Waals surface area contributed by atoms with E-state index in [0.717, 1.165) is 17.7 Å². The van der Waals surface area contributed by atoms with Gasteiger partial charge in [-0.1, -0.05) is 24.3 Å². The fraction of sp³-hybridized carbons (Fsp3) is 0.308. The van der Waals surface area contributed by atoms with Crippen molar-refractivity contribution in [2.75, 3.05) is 20.7 Å². The van der Waals surface area contributed by atoms with E-state index in [0.29, 0.717) is 5.56 Å². The van der Waals surface area contributed by atoms with Crippen LogP contribution in [0.25, 0.3) is 6.08 Å². The summed E-state index contributed by atoms with van der Waals surface area (Å²) in [5.41, 5.74) is 2.55. The van der Waals surface area contributed by atoms with Crippen molar-refractivity contribution < 1.29 is 9.53 Å². The quantitative estimate of drug-likeness (QED) is 0.787. The topological polar surface area (TPSA) is 38.3 Å². The van der Waals surface area contributed by atoms with Crippen molar-refractivity contribution >= 4 is 12.0 Å². The van der Waals surface area contributed by atoms with Crippen molar-refractivity contribution in [1.82, 2.24) is 5.32 Å². The third kappa shape index (κ3) is 3.21. The normalized spacial score (nSPS) is 10.7. The molecule has 1 rings (SSSR count). The van der Waals surface area contributed by atoms with Crippen LogP contribution < -0.4 is 5.32 Å². The second-order valence-corrected chi connectivity index (χ2v) is 3.53. The molecule has 0 fully saturated rings. The highest BCUT2D eigenvalue weighted by Crippen LogP contribution is 2.13. The highest BCUT2D eigenvalue weighted by Gasteiger charge is 2.08. The lowest BCUT2D eigenvalue weighted by atomic mass is 10.0. The molecule has 0 aromatic heterocycles. The van der Waals surface area contributed by atoms with Crippen molar-refractivity contribution in [2.24, 2.45) is 0 Å². The maximum Gasteiger partial charge on any atom is 0.338 e. The summed E-state index contributed by atoms with van der Waals surface area (Å²) in [6.45, 7) is 2.70. The molecule has 1 aromatic carbocycles. The number of methoxy groups -OCH3 is 1. The monoisotopic (exact) mass is 219 g/mol. The molecule has 3 nitrogen and oxygen atoms in total. The molecule has 0 aliphatic carbocycles. The van der Waals surface area contributed by atoms with E-state index in [1.54, 1.807) is 0 Å². The van der Waals surface area contributed by atoms with Crippen LogP contribution in [0.4, 0.5) is 0 Å². The molecule has 0 atom stereocenters. The molecule has 0 aliphatic heterocycles. The third-order valence-corrected chi connectivity index (χ3v) is 2.30. The van der Waals surface area contributed by atoms with Gasteiger partial charge in [-0.05, 0) is 31.2 Å². The van der Waals surface area contributed by atoms with E-state index in [4.69, 9.17) is 4.74 Å². The molecule has 0 saturated carbocycles. The third-order valence-electron chi connectivity index (χ3n) is 2.30. The molecular formula is C13H17NO2. The first-order valence-corrected chi connectivity index (χ1v) is 5.19. The summed E-state index contributed by atoms with van der Waals surface area (Å²) in [7, 11) is 3.28. The summed E-state index contributed by atoms with van der Waals surface area (Å²) in [4.78, 5) is 11.5. The maximum atomic E-state index is 11.5. The summed E-state index contributed by atoms with van der Waals surface area (Å²) in [5, 5.41) is 3.02. The van der Waals surface area contributed by atoms with Crippen molar-refractivity contribution in [3.05, 3.63) is 41.0 Å². The van der Waals surface area contributed by atoms with Gasteiger partial charge in [-0.15, -0.1) is 0 Å². The maximum absolute atomic E-state index is 11.5. The minimum atomic E-state index is -0.290. The van der Waals surface area contributed by atoms with Gasteiger partial charge in [0.15, 0.2) is 0 Å². The molecule has 0 bridgehead atoms. The molecule has 0 heterocycles. The number of likely N-dealkylation sites (N-methyl/N-ethyl adjacent to an activating group) is 1. The van der Waals surface area contributed by atoms with Gasteiger partial charge in [0.05, 0.1) is 12.7 Å². The van der Waals surface area contributed by atoms with Gasteiger partial charge in [0.1, 0.15) is 0 Å². The van der Waals surface area contributed by atoms with Crippen LogP contribution in [0.1, 0.15) is 21.5 Å². The molecule has 0 aliphatic rings. The number of benzene rings is 1.